The molecular formula is C27H19N3O7S. The molecule has 11 heteroatoms. The molecule has 0 saturated heterocycles. The highest BCUT2D eigenvalue weighted by Gasteiger charge is 2.53. The number of hydrogen-bond acceptors (Lipinski definition) is 8. The van der Waals surface area contributed by atoms with Crippen molar-refractivity contribution in [1.82, 2.24) is 10.2 Å². The predicted octanol–water partition coefficient (Wildman–Crippen LogP) is 2.88. The molecule has 190 valence electrons. The van der Waals surface area contributed by atoms with E-state index in [9.17, 15) is 24.6 Å². The first-order valence-corrected chi connectivity index (χ1v) is 12.0. The fourth-order valence-corrected chi connectivity index (χ4v) is 5.11. The summed E-state index contributed by atoms with van der Waals surface area (Å²) in [6, 6.07) is 14.2. The fourth-order valence-electron chi connectivity index (χ4n) is 4.89. The van der Waals surface area contributed by atoms with E-state index >= 15 is 0 Å². The Morgan fingerprint density at radius 1 is 0.868 bits per heavy atom. The van der Waals surface area contributed by atoms with Crippen LogP contribution in [0.2, 0.25) is 0 Å². The summed E-state index contributed by atoms with van der Waals surface area (Å²) < 4.78 is 12.0. The molecule has 0 radical (unpaired) electrons. The minimum atomic E-state index is -1.35. The second-order valence-corrected chi connectivity index (χ2v) is 9.24. The number of imide groups is 1. The Labute approximate surface area is 221 Å². The molecule has 10 nitrogen and oxygen atoms in total. The average Bonchev–Trinajstić information content (AvgIpc) is 3.35. The van der Waals surface area contributed by atoms with Gasteiger partial charge in [0.15, 0.2) is 10.7 Å². The molecule has 3 heterocycles. The van der Waals surface area contributed by atoms with Gasteiger partial charge < -0.3 is 30.3 Å². The van der Waals surface area contributed by atoms with Crippen molar-refractivity contribution in [1.29, 1.82) is 0 Å². The number of phenols is 2. The normalized spacial score (nSPS) is 16.0. The van der Waals surface area contributed by atoms with Crippen LogP contribution in [0, 0.1) is 0 Å². The number of nitrogens with one attached hydrogen (secondary N) is 2. The number of carbonyl (C=O) groups excluding carboxylic acids is 3. The van der Waals surface area contributed by atoms with E-state index in [1.807, 2.05) is 0 Å². The van der Waals surface area contributed by atoms with Crippen LogP contribution < -0.4 is 15.4 Å². The number of ether oxygens (including phenoxy) is 2. The molecule has 1 spiro atoms. The molecule has 3 aliphatic heterocycles. The number of amides is 2. The van der Waals surface area contributed by atoms with Gasteiger partial charge >= 0.3 is 5.97 Å². The number of thiocarbonyl (C=S) groups is 1. The molecule has 3 aliphatic rings. The number of aromatic hydroxyl groups is 2. The number of nitrogens with zero attached hydrogens (tertiary/aromatic N) is 1. The maximum absolute atomic E-state index is 13.2. The third-order valence-corrected chi connectivity index (χ3v) is 6.80. The Morgan fingerprint density at radius 2 is 1.47 bits per heavy atom. The summed E-state index contributed by atoms with van der Waals surface area (Å²) in [5.74, 6) is -0.777. The highest BCUT2D eigenvalue weighted by atomic mass is 32.1. The number of carbonyl (C=O) groups is 3. The maximum Gasteiger partial charge on any atom is 0.340 e. The van der Waals surface area contributed by atoms with Crippen LogP contribution in [-0.2, 0) is 19.9 Å². The van der Waals surface area contributed by atoms with Crippen LogP contribution in [0.5, 0.6) is 23.0 Å². The van der Waals surface area contributed by atoms with Crippen molar-refractivity contribution in [3.63, 3.8) is 0 Å². The zero-order valence-electron chi connectivity index (χ0n) is 19.6. The van der Waals surface area contributed by atoms with Gasteiger partial charge in [0, 0.05) is 59.8 Å². The highest BCUT2D eigenvalue weighted by Crippen LogP contribution is 2.57. The second kappa shape index (κ2) is 8.60. The van der Waals surface area contributed by atoms with Gasteiger partial charge in [0.2, 0.25) is 0 Å². The molecule has 2 amide bonds. The van der Waals surface area contributed by atoms with Crippen LogP contribution in [0.1, 0.15) is 27.0 Å². The summed E-state index contributed by atoms with van der Waals surface area (Å²) in [6.07, 6.45) is 2.44. The van der Waals surface area contributed by atoms with Gasteiger partial charge in [-0.15, -0.1) is 0 Å². The van der Waals surface area contributed by atoms with E-state index in [1.54, 1.807) is 30.3 Å². The molecule has 4 N–H and O–H groups in total. The van der Waals surface area contributed by atoms with E-state index < -0.39 is 11.6 Å². The van der Waals surface area contributed by atoms with E-state index in [0.29, 0.717) is 39.4 Å². The van der Waals surface area contributed by atoms with Gasteiger partial charge in [-0.25, -0.2) is 4.79 Å². The number of benzene rings is 3. The van der Waals surface area contributed by atoms with Crippen LogP contribution in [0.15, 0.2) is 66.7 Å². The smallest absolute Gasteiger partial charge is 0.340 e. The number of esters is 1. The van der Waals surface area contributed by atoms with Crippen molar-refractivity contribution in [2.24, 2.45) is 0 Å². The second-order valence-electron chi connectivity index (χ2n) is 8.84. The molecule has 0 fully saturated rings. The number of fused-ring (bicyclic) bond motifs is 6. The third kappa shape index (κ3) is 3.63. The molecule has 0 aromatic heterocycles. The van der Waals surface area contributed by atoms with E-state index in [2.05, 4.69) is 10.6 Å². The molecule has 38 heavy (non-hydrogen) atoms. The SMILES string of the molecule is O=C1OC2(c3ccc(O)cc3Oc3cc(O)ccc32)c2ccc(NC(=S)NCCN3C(=O)C=CC3=O)cc21. The Bertz CT molecular complexity index is 1530. The lowest BCUT2D eigenvalue weighted by Crippen LogP contribution is -2.39. The molecule has 0 bridgehead atoms. The van der Waals surface area contributed by atoms with E-state index in [4.69, 9.17) is 21.7 Å². The summed E-state index contributed by atoms with van der Waals surface area (Å²) in [5, 5.41) is 26.3. The number of rotatable bonds is 4. The summed E-state index contributed by atoms with van der Waals surface area (Å²) in [6.45, 7) is 0.395. The lowest BCUT2D eigenvalue weighted by molar-refractivity contribution is -0.136. The fraction of sp³-hybridized carbons (Fsp3) is 0.111. The van der Waals surface area contributed by atoms with Crippen molar-refractivity contribution >= 4 is 40.8 Å². The van der Waals surface area contributed by atoms with Crippen LogP contribution in [0.4, 0.5) is 5.69 Å². The molecular weight excluding hydrogens is 510 g/mol. The molecule has 3 aromatic rings. The number of anilines is 1. The minimum absolute atomic E-state index is 0.0256. The van der Waals surface area contributed by atoms with E-state index in [1.165, 1.54) is 36.4 Å². The lowest BCUT2D eigenvalue weighted by Gasteiger charge is -2.36. The molecule has 6 rings (SSSR count). The van der Waals surface area contributed by atoms with Crippen molar-refractivity contribution < 1.29 is 34.1 Å². The van der Waals surface area contributed by atoms with Crippen LogP contribution >= 0.6 is 12.2 Å². The number of hydrogen-bond donors (Lipinski definition) is 4. The molecule has 0 atom stereocenters. The molecule has 3 aromatic carbocycles. The van der Waals surface area contributed by atoms with E-state index in [0.717, 1.165) is 4.90 Å². The van der Waals surface area contributed by atoms with Crippen LogP contribution in [0.3, 0.4) is 0 Å². The summed E-state index contributed by atoms with van der Waals surface area (Å²) >= 11 is 5.33. The summed E-state index contributed by atoms with van der Waals surface area (Å²) in [5.41, 5.74) is 1.09. The first-order valence-electron chi connectivity index (χ1n) is 11.6. The molecule has 0 saturated carbocycles. The molecule has 0 aliphatic carbocycles. The van der Waals surface area contributed by atoms with Crippen LogP contribution in [-0.4, -0.2) is 51.1 Å². The average molecular weight is 530 g/mol. The first kappa shape index (κ1) is 23.5. The monoisotopic (exact) mass is 529 g/mol. The topological polar surface area (TPSA) is 137 Å². The summed E-state index contributed by atoms with van der Waals surface area (Å²) in [7, 11) is 0. The third-order valence-electron chi connectivity index (χ3n) is 6.55. The Hall–Kier alpha value is -4.90. The number of phenolic OH excluding ortho intramolecular Hbond substituents is 2. The van der Waals surface area contributed by atoms with Gasteiger partial charge in [0.1, 0.15) is 23.0 Å². The molecule has 0 unspecified atom stereocenters. The zero-order chi connectivity index (χ0) is 26.6. The first-order chi connectivity index (χ1) is 18.3. The zero-order valence-corrected chi connectivity index (χ0v) is 20.4. The van der Waals surface area contributed by atoms with Crippen LogP contribution in [0.25, 0.3) is 0 Å². The van der Waals surface area contributed by atoms with Gasteiger partial charge in [0.05, 0.1) is 5.56 Å². The predicted molar refractivity (Wildman–Crippen MR) is 138 cm³/mol. The standard InChI is InChI=1S/C27H19N3O7S/c31-15-2-5-19-21(12-15)36-22-13-16(32)3-6-20(22)27(19)18-4-1-14(11-17(18)25(35)37-27)29-26(38)28-9-10-30-23(33)7-8-24(30)34/h1-8,11-13,31-32H,9-10H2,(H2,28,29,38). The van der Waals surface area contributed by atoms with E-state index in [-0.39, 0.29) is 41.5 Å². The van der Waals surface area contributed by atoms with Crippen molar-refractivity contribution in [2.45, 2.75) is 5.60 Å². The summed E-state index contributed by atoms with van der Waals surface area (Å²) in [4.78, 5) is 37.6. The van der Waals surface area contributed by atoms with Gasteiger partial charge in [-0.1, -0.05) is 6.07 Å². The van der Waals surface area contributed by atoms with Crippen molar-refractivity contribution in [2.75, 3.05) is 18.4 Å². The maximum atomic E-state index is 13.2. The Balaban J connectivity index is 1.29. The highest BCUT2D eigenvalue weighted by molar-refractivity contribution is 7.80. The lowest BCUT2D eigenvalue weighted by atomic mass is 9.77. The Kier molecular flexibility index (Phi) is 5.31. The van der Waals surface area contributed by atoms with Gasteiger partial charge in [-0.2, -0.15) is 0 Å². The van der Waals surface area contributed by atoms with Crippen molar-refractivity contribution in [3.05, 3.63) is 89.0 Å². The quantitative estimate of drug-likeness (QED) is 0.227. The van der Waals surface area contributed by atoms with Gasteiger partial charge in [-0.05, 0) is 48.6 Å². The Morgan fingerprint density at radius 3 is 2.11 bits per heavy atom. The van der Waals surface area contributed by atoms with Crippen molar-refractivity contribution in [3.8, 4) is 23.0 Å². The minimum Gasteiger partial charge on any atom is -0.508 e. The van der Waals surface area contributed by atoms with Gasteiger partial charge in [-0.3, -0.25) is 14.5 Å². The largest absolute Gasteiger partial charge is 0.508 e. The van der Waals surface area contributed by atoms with Gasteiger partial charge in [0.25, 0.3) is 11.8 Å².